The van der Waals surface area contributed by atoms with E-state index in [1.54, 1.807) is 39.8 Å². The van der Waals surface area contributed by atoms with E-state index in [2.05, 4.69) is 4.98 Å². The van der Waals surface area contributed by atoms with Gasteiger partial charge in [0.1, 0.15) is 0 Å². The van der Waals surface area contributed by atoms with Crippen molar-refractivity contribution >= 4 is 46.1 Å². The van der Waals surface area contributed by atoms with Crippen LogP contribution in [-0.4, -0.2) is 46.5 Å². The van der Waals surface area contributed by atoms with Crippen LogP contribution in [0.25, 0.3) is 11.0 Å². The lowest BCUT2D eigenvalue weighted by Crippen LogP contribution is -2.31. The highest BCUT2D eigenvalue weighted by Gasteiger charge is 2.31. The predicted molar refractivity (Wildman–Crippen MR) is 110 cm³/mol. The van der Waals surface area contributed by atoms with Gasteiger partial charge >= 0.3 is 11.7 Å². The summed E-state index contributed by atoms with van der Waals surface area (Å²) in [5.74, 6) is -0.690. The summed E-state index contributed by atoms with van der Waals surface area (Å²) in [6.07, 6.45) is 0.603. The van der Waals surface area contributed by atoms with E-state index in [9.17, 15) is 14.4 Å². The second-order valence-corrected chi connectivity index (χ2v) is 7.69. The monoisotopic (exact) mass is 433 g/mol. The number of carbonyl (C=O) groups is 2. The number of rotatable bonds is 3. The summed E-state index contributed by atoms with van der Waals surface area (Å²) in [4.78, 5) is 41.7. The zero-order valence-electron chi connectivity index (χ0n) is 15.4. The van der Waals surface area contributed by atoms with Crippen molar-refractivity contribution in [3.05, 3.63) is 68.1 Å². The van der Waals surface area contributed by atoms with Crippen LogP contribution in [0.15, 0.2) is 41.2 Å². The number of carbonyl (C=O) groups excluding carboxylic acids is 2. The molecule has 0 spiro atoms. The average Bonchev–Trinajstić information content (AvgIpc) is 3.29. The van der Waals surface area contributed by atoms with Gasteiger partial charge in [-0.3, -0.25) is 9.36 Å². The number of halogens is 2. The van der Waals surface area contributed by atoms with Gasteiger partial charge in [0.15, 0.2) is 0 Å². The number of fused-ring (bicyclic) bond motifs is 1. The second-order valence-electron chi connectivity index (χ2n) is 6.84. The van der Waals surface area contributed by atoms with Crippen LogP contribution in [0.4, 0.5) is 0 Å². The third-order valence-electron chi connectivity index (χ3n) is 5.12. The third kappa shape index (κ3) is 3.52. The smallest absolute Gasteiger partial charge is 0.337 e. The Kier molecular flexibility index (Phi) is 5.10. The van der Waals surface area contributed by atoms with Gasteiger partial charge in [0.05, 0.1) is 40.3 Å². The molecular weight excluding hydrogens is 417 g/mol. The Balaban J connectivity index is 1.64. The first-order chi connectivity index (χ1) is 13.9. The Labute approximate surface area is 175 Å². The van der Waals surface area contributed by atoms with E-state index in [-0.39, 0.29) is 22.7 Å². The first-order valence-corrected chi connectivity index (χ1v) is 9.71. The standard InChI is InChI=1S/C20H17Cl2N3O4/c1-29-19(27)11-2-5-16-17(8-11)25(20(28)23-16)13-6-7-24(10-13)18(26)14-4-3-12(21)9-15(14)22/h2-5,8-9,13H,6-7,10H2,1H3,(H,23,28)/t13-/m1/s1. The van der Waals surface area contributed by atoms with Crippen LogP contribution in [0.3, 0.4) is 0 Å². The van der Waals surface area contributed by atoms with E-state index in [1.807, 2.05) is 0 Å². The quantitative estimate of drug-likeness (QED) is 0.640. The fraction of sp³-hybridized carbons (Fsp3) is 0.250. The number of ether oxygens (including phenoxy) is 1. The molecule has 29 heavy (non-hydrogen) atoms. The Hall–Kier alpha value is -2.77. The van der Waals surface area contributed by atoms with Crippen molar-refractivity contribution < 1.29 is 14.3 Å². The van der Waals surface area contributed by atoms with E-state index < -0.39 is 5.97 Å². The fourth-order valence-corrected chi connectivity index (χ4v) is 4.19. The number of H-pyrrole nitrogens is 1. The maximum atomic E-state index is 12.9. The molecule has 0 radical (unpaired) electrons. The molecule has 1 atom stereocenters. The molecule has 0 bridgehead atoms. The summed E-state index contributed by atoms with van der Waals surface area (Å²) in [6.45, 7) is 0.839. The van der Waals surface area contributed by atoms with E-state index in [0.29, 0.717) is 46.7 Å². The minimum atomic E-state index is -0.479. The Morgan fingerprint density at radius 3 is 2.69 bits per heavy atom. The molecule has 3 aromatic rings. The highest BCUT2D eigenvalue weighted by Crippen LogP contribution is 2.28. The van der Waals surface area contributed by atoms with Crippen LogP contribution in [0, 0.1) is 0 Å². The molecule has 150 valence electrons. The molecule has 1 aromatic heterocycles. The number of benzene rings is 2. The maximum absolute atomic E-state index is 12.9. The molecule has 4 rings (SSSR count). The number of likely N-dealkylation sites (tertiary alicyclic amines) is 1. The molecule has 1 aliphatic heterocycles. The molecule has 1 fully saturated rings. The molecule has 7 nitrogen and oxygen atoms in total. The number of imidazole rings is 1. The van der Waals surface area contributed by atoms with E-state index in [0.717, 1.165) is 0 Å². The van der Waals surface area contributed by atoms with Crippen LogP contribution in [0.2, 0.25) is 10.0 Å². The molecule has 1 amide bonds. The molecule has 1 saturated heterocycles. The number of aromatic nitrogens is 2. The first kappa shape index (κ1) is 19.5. The molecule has 9 heteroatoms. The molecular formula is C20H17Cl2N3O4. The molecule has 1 N–H and O–H groups in total. The number of hydrogen-bond donors (Lipinski definition) is 1. The highest BCUT2D eigenvalue weighted by atomic mass is 35.5. The van der Waals surface area contributed by atoms with Crippen molar-refractivity contribution in [2.75, 3.05) is 20.2 Å². The average molecular weight is 434 g/mol. The van der Waals surface area contributed by atoms with E-state index >= 15 is 0 Å². The maximum Gasteiger partial charge on any atom is 0.337 e. The first-order valence-electron chi connectivity index (χ1n) is 8.96. The van der Waals surface area contributed by atoms with Crippen LogP contribution < -0.4 is 5.69 Å². The zero-order valence-corrected chi connectivity index (χ0v) is 17.0. The zero-order chi connectivity index (χ0) is 20.7. The number of hydrogen-bond acceptors (Lipinski definition) is 4. The summed E-state index contributed by atoms with van der Waals surface area (Å²) in [5.41, 5.74) is 1.66. The summed E-state index contributed by atoms with van der Waals surface area (Å²) >= 11 is 12.1. The van der Waals surface area contributed by atoms with Gasteiger partial charge in [-0.05, 0) is 42.8 Å². The van der Waals surface area contributed by atoms with Crippen LogP contribution in [0.5, 0.6) is 0 Å². The number of amides is 1. The molecule has 2 aromatic carbocycles. The minimum absolute atomic E-state index is 0.211. The molecule has 0 unspecified atom stereocenters. The van der Waals surface area contributed by atoms with Crippen molar-refractivity contribution in [3.8, 4) is 0 Å². The van der Waals surface area contributed by atoms with Gasteiger partial charge in [-0.15, -0.1) is 0 Å². The van der Waals surface area contributed by atoms with Gasteiger partial charge in [-0.2, -0.15) is 0 Å². The van der Waals surface area contributed by atoms with Gasteiger partial charge < -0.3 is 14.6 Å². The van der Waals surface area contributed by atoms with Gasteiger partial charge in [-0.1, -0.05) is 23.2 Å². The van der Waals surface area contributed by atoms with Crippen molar-refractivity contribution in [1.29, 1.82) is 0 Å². The Morgan fingerprint density at radius 1 is 1.17 bits per heavy atom. The lowest BCUT2D eigenvalue weighted by molar-refractivity contribution is 0.0600. The predicted octanol–water partition coefficient (Wildman–Crippen LogP) is 3.51. The van der Waals surface area contributed by atoms with E-state index in [1.165, 1.54) is 13.2 Å². The normalized spacial score (nSPS) is 16.4. The lowest BCUT2D eigenvalue weighted by Gasteiger charge is -2.18. The topological polar surface area (TPSA) is 84.4 Å². The molecule has 1 aliphatic rings. The van der Waals surface area contributed by atoms with Crippen molar-refractivity contribution in [3.63, 3.8) is 0 Å². The lowest BCUT2D eigenvalue weighted by atomic mass is 10.2. The van der Waals surface area contributed by atoms with Gasteiger partial charge in [0, 0.05) is 18.1 Å². The summed E-state index contributed by atoms with van der Waals surface area (Å²) in [5, 5.41) is 0.746. The second kappa shape index (κ2) is 7.57. The number of nitrogens with zero attached hydrogens (tertiary/aromatic N) is 2. The Morgan fingerprint density at radius 2 is 1.97 bits per heavy atom. The van der Waals surface area contributed by atoms with Crippen LogP contribution in [0.1, 0.15) is 33.2 Å². The Bertz CT molecular complexity index is 1180. The molecule has 0 aliphatic carbocycles. The molecule has 2 heterocycles. The third-order valence-corrected chi connectivity index (χ3v) is 5.66. The number of nitrogens with one attached hydrogen (secondary N) is 1. The fourth-order valence-electron chi connectivity index (χ4n) is 3.70. The largest absolute Gasteiger partial charge is 0.465 e. The van der Waals surface area contributed by atoms with Gasteiger partial charge in [-0.25, -0.2) is 9.59 Å². The van der Waals surface area contributed by atoms with E-state index in [4.69, 9.17) is 27.9 Å². The number of aromatic amines is 1. The van der Waals surface area contributed by atoms with Crippen LogP contribution >= 0.6 is 23.2 Å². The number of esters is 1. The SMILES string of the molecule is COC(=O)c1ccc2[nH]c(=O)n([C@@H]3CCN(C(=O)c4ccc(Cl)cc4Cl)C3)c2c1. The molecule has 0 saturated carbocycles. The van der Waals surface area contributed by atoms with Crippen LogP contribution in [-0.2, 0) is 4.74 Å². The minimum Gasteiger partial charge on any atom is -0.465 e. The van der Waals surface area contributed by atoms with Crippen molar-refractivity contribution in [2.45, 2.75) is 12.5 Å². The van der Waals surface area contributed by atoms with Gasteiger partial charge in [0.25, 0.3) is 5.91 Å². The summed E-state index contributed by atoms with van der Waals surface area (Å²) in [7, 11) is 1.30. The highest BCUT2D eigenvalue weighted by molar-refractivity contribution is 6.36. The van der Waals surface area contributed by atoms with Gasteiger partial charge in [0.2, 0.25) is 0 Å². The van der Waals surface area contributed by atoms with Crippen molar-refractivity contribution in [2.24, 2.45) is 0 Å². The number of methoxy groups -OCH3 is 1. The summed E-state index contributed by atoms with van der Waals surface area (Å²) in [6, 6.07) is 9.42. The van der Waals surface area contributed by atoms with Crippen molar-refractivity contribution in [1.82, 2.24) is 14.5 Å². The summed E-state index contributed by atoms with van der Waals surface area (Å²) < 4.78 is 6.36.